The van der Waals surface area contributed by atoms with Gasteiger partial charge in [-0.3, -0.25) is 9.69 Å². The molecule has 6 nitrogen and oxygen atoms in total. The number of benzene rings is 1. The summed E-state index contributed by atoms with van der Waals surface area (Å²) < 4.78 is 11.0. The molecule has 2 atom stereocenters. The molecular formula is C19H30N2O4. The Morgan fingerprint density at radius 3 is 2.60 bits per heavy atom. The third-order valence-corrected chi connectivity index (χ3v) is 4.81. The molecule has 1 saturated heterocycles. The predicted molar refractivity (Wildman–Crippen MR) is 96.6 cm³/mol. The first-order valence-corrected chi connectivity index (χ1v) is 8.97. The number of methoxy groups -OCH3 is 1. The Morgan fingerprint density at radius 2 is 2.00 bits per heavy atom. The molecule has 6 heteroatoms. The molecular weight excluding hydrogens is 320 g/mol. The first kappa shape index (κ1) is 19.7. The minimum absolute atomic E-state index is 0.0274. The van der Waals surface area contributed by atoms with Crippen LogP contribution in [0.1, 0.15) is 25.8 Å². The van der Waals surface area contributed by atoms with Crippen molar-refractivity contribution in [1.82, 2.24) is 9.80 Å². The van der Waals surface area contributed by atoms with Crippen LogP contribution in [0.25, 0.3) is 0 Å². The van der Waals surface area contributed by atoms with Gasteiger partial charge >= 0.3 is 0 Å². The van der Waals surface area contributed by atoms with Gasteiger partial charge in [-0.25, -0.2) is 0 Å². The number of aliphatic hydroxyl groups excluding tert-OH is 1. The lowest BCUT2D eigenvalue weighted by Crippen LogP contribution is -2.54. The van der Waals surface area contributed by atoms with Crippen LogP contribution in [-0.2, 0) is 16.1 Å². The number of nitrogens with zero attached hydrogens (tertiary/aromatic N) is 2. The molecule has 25 heavy (non-hydrogen) atoms. The van der Waals surface area contributed by atoms with E-state index < -0.39 is 6.10 Å². The standard InChI is InChI=1S/C19H30N2O4/c1-4-17(13-22)20-8-10-21(11-9-20)19(23)15(2)25-14-16-6-5-7-18(12-16)24-3/h5-7,12,15,17,22H,4,8-11,13-14H2,1-3H3. The van der Waals surface area contributed by atoms with Gasteiger partial charge in [-0.1, -0.05) is 19.1 Å². The minimum atomic E-state index is -0.474. The lowest BCUT2D eigenvalue weighted by atomic mass is 10.1. The van der Waals surface area contributed by atoms with Crippen LogP contribution < -0.4 is 4.74 Å². The van der Waals surface area contributed by atoms with Crippen LogP contribution >= 0.6 is 0 Å². The Bertz CT molecular complexity index is 540. The van der Waals surface area contributed by atoms with E-state index in [1.165, 1.54) is 0 Å². The summed E-state index contributed by atoms with van der Waals surface area (Å²) >= 11 is 0. The summed E-state index contributed by atoms with van der Waals surface area (Å²) in [6.45, 7) is 7.40. The first-order chi connectivity index (χ1) is 12.1. The summed E-state index contributed by atoms with van der Waals surface area (Å²) in [5.74, 6) is 0.810. The summed E-state index contributed by atoms with van der Waals surface area (Å²) in [4.78, 5) is 16.7. The highest BCUT2D eigenvalue weighted by Gasteiger charge is 2.27. The zero-order chi connectivity index (χ0) is 18.2. The number of hydrogen-bond donors (Lipinski definition) is 1. The van der Waals surface area contributed by atoms with Crippen molar-refractivity contribution in [3.8, 4) is 5.75 Å². The van der Waals surface area contributed by atoms with Gasteiger partial charge in [0.15, 0.2) is 0 Å². The molecule has 0 aliphatic carbocycles. The Morgan fingerprint density at radius 1 is 1.28 bits per heavy atom. The van der Waals surface area contributed by atoms with Gasteiger partial charge in [0.25, 0.3) is 5.91 Å². The Balaban J connectivity index is 1.80. The average molecular weight is 350 g/mol. The zero-order valence-corrected chi connectivity index (χ0v) is 15.5. The zero-order valence-electron chi connectivity index (χ0n) is 15.5. The number of amides is 1. The Hall–Kier alpha value is -1.63. The van der Waals surface area contributed by atoms with Crippen molar-refractivity contribution >= 4 is 5.91 Å². The van der Waals surface area contributed by atoms with Crippen molar-refractivity contribution in [3.05, 3.63) is 29.8 Å². The number of piperazine rings is 1. The molecule has 0 aromatic heterocycles. The molecule has 1 fully saturated rings. The second-order valence-corrected chi connectivity index (χ2v) is 6.41. The molecule has 1 heterocycles. The van der Waals surface area contributed by atoms with Gasteiger partial charge in [-0.15, -0.1) is 0 Å². The van der Waals surface area contributed by atoms with Gasteiger partial charge in [-0.05, 0) is 31.0 Å². The van der Waals surface area contributed by atoms with Crippen molar-refractivity contribution in [2.24, 2.45) is 0 Å². The molecule has 1 aliphatic rings. The van der Waals surface area contributed by atoms with E-state index in [1.54, 1.807) is 14.0 Å². The fourth-order valence-electron chi connectivity index (χ4n) is 3.12. The maximum absolute atomic E-state index is 12.6. The van der Waals surface area contributed by atoms with Crippen LogP contribution in [0.5, 0.6) is 5.75 Å². The largest absolute Gasteiger partial charge is 0.497 e. The number of rotatable bonds is 8. The van der Waals surface area contributed by atoms with Crippen LogP contribution in [0.15, 0.2) is 24.3 Å². The highest BCUT2D eigenvalue weighted by molar-refractivity contribution is 5.80. The van der Waals surface area contributed by atoms with Gasteiger partial charge in [0, 0.05) is 32.2 Å². The molecule has 1 aromatic rings. The highest BCUT2D eigenvalue weighted by atomic mass is 16.5. The molecule has 2 unspecified atom stereocenters. The van der Waals surface area contributed by atoms with Gasteiger partial charge in [0.1, 0.15) is 11.9 Å². The quantitative estimate of drug-likeness (QED) is 0.770. The minimum Gasteiger partial charge on any atom is -0.497 e. The number of carbonyl (C=O) groups is 1. The highest BCUT2D eigenvalue weighted by Crippen LogP contribution is 2.15. The number of aliphatic hydroxyl groups is 1. The molecule has 1 amide bonds. The van der Waals surface area contributed by atoms with Crippen molar-refractivity contribution in [2.45, 2.75) is 39.0 Å². The van der Waals surface area contributed by atoms with E-state index in [9.17, 15) is 9.90 Å². The van der Waals surface area contributed by atoms with Crippen molar-refractivity contribution in [1.29, 1.82) is 0 Å². The number of hydrogen-bond acceptors (Lipinski definition) is 5. The fourth-order valence-corrected chi connectivity index (χ4v) is 3.12. The van der Waals surface area contributed by atoms with Gasteiger partial charge in [0.2, 0.25) is 0 Å². The first-order valence-electron chi connectivity index (χ1n) is 8.97. The maximum Gasteiger partial charge on any atom is 0.251 e. The van der Waals surface area contributed by atoms with E-state index >= 15 is 0 Å². The second kappa shape index (κ2) is 9.75. The molecule has 0 saturated carbocycles. The molecule has 1 aliphatic heterocycles. The number of carbonyl (C=O) groups excluding carboxylic acids is 1. The van der Waals surface area contributed by atoms with E-state index in [0.29, 0.717) is 19.7 Å². The van der Waals surface area contributed by atoms with Crippen LogP contribution in [-0.4, -0.2) is 72.9 Å². The van der Waals surface area contributed by atoms with Crippen LogP contribution in [0, 0.1) is 0 Å². The Labute approximate surface area is 150 Å². The van der Waals surface area contributed by atoms with E-state index in [2.05, 4.69) is 11.8 Å². The lowest BCUT2D eigenvalue weighted by Gasteiger charge is -2.39. The topological polar surface area (TPSA) is 62.2 Å². The monoisotopic (exact) mass is 350 g/mol. The smallest absolute Gasteiger partial charge is 0.251 e. The Kier molecular flexibility index (Phi) is 7.68. The molecule has 0 bridgehead atoms. The van der Waals surface area contributed by atoms with E-state index in [1.807, 2.05) is 29.2 Å². The molecule has 2 rings (SSSR count). The van der Waals surface area contributed by atoms with Crippen LogP contribution in [0.4, 0.5) is 0 Å². The third kappa shape index (κ3) is 5.42. The molecule has 140 valence electrons. The lowest BCUT2D eigenvalue weighted by molar-refractivity contribution is -0.145. The van der Waals surface area contributed by atoms with Gasteiger partial charge in [-0.2, -0.15) is 0 Å². The summed E-state index contributed by atoms with van der Waals surface area (Å²) in [5, 5.41) is 9.41. The SMILES string of the molecule is CCC(CO)N1CCN(C(=O)C(C)OCc2cccc(OC)c2)CC1. The van der Waals surface area contributed by atoms with Crippen LogP contribution in [0.3, 0.4) is 0 Å². The van der Waals surface area contributed by atoms with Crippen molar-refractivity contribution in [3.63, 3.8) is 0 Å². The normalized spacial score (nSPS) is 18.0. The average Bonchev–Trinajstić information content (AvgIpc) is 2.67. The molecule has 1 aromatic carbocycles. The predicted octanol–water partition coefficient (Wildman–Crippen LogP) is 1.52. The second-order valence-electron chi connectivity index (χ2n) is 6.41. The van der Waals surface area contributed by atoms with E-state index in [4.69, 9.17) is 9.47 Å². The van der Waals surface area contributed by atoms with Gasteiger partial charge in [0.05, 0.1) is 20.3 Å². The fraction of sp³-hybridized carbons (Fsp3) is 0.632. The van der Waals surface area contributed by atoms with E-state index in [-0.39, 0.29) is 18.6 Å². The summed E-state index contributed by atoms with van der Waals surface area (Å²) in [6, 6.07) is 7.86. The summed E-state index contributed by atoms with van der Waals surface area (Å²) in [6.07, 6.45) is 0.447. The maximum atomic E-state index is 12.6. The molecule has 0 spiro atoms. The summed E-state index contributed by atoms with van der Waals surface area (Å²) in [5.41, 5.74) is 0.984. The van der Waals surface area contributed by atoms with Crippen LogP contribution in [0.2, 0.25) is 0 Å². The van der Waals surface area contributed by atoms with E-state index in [0.717, 1.165) is 30.8 Å². The van der Waals surface area contributed by atoms with Gasteiger partial charge < -0.3 is 19.5 Å². The number of ether oxygens (including phenoxy) is 2. The third-order valence-electron chi connectivity index (χ3n) is 4.81. The summed E-state index contributed by atoms with van der Waals surface area (Å²) in [7, 11) is 1.63. The van der Waals surface area contributed by atoms with Crippen molar-refractivity contribution in [2.75, 3.05) is 39.9 Å². The molecule has 1 N–H and O–H groups in total. The molecule has 0 radical (unpaired) electrons. The van der Waals surface area contributed by atoms with Crippen molar-refractivity contribution < 1.29 is 19.4 Å².